The van der Waals surface area contributed by atoms with Crippen LogP contribution in [0.2, 0.25) is 0 Å². The molecule has 0 amide bonds. The second kappa shape index (κ2) is 6.21. The molecular weight excluding hydrogens is 405 g/mol. The number of alkyl halides is 3. The summed E-state index contributed by atoms with van der Waals surface area (Å²) in [5.41, 5.74) is -0.136. The van der Waals surface area contributed by atoms with E-state index in [1.165, 1.54) is 17.0 Å². The predicted octanol–water partition coefficient (Wildman–Crippen LogP) is 3.43. The van der Waals surface area contributed by atoms with Crippen LogP contribution in [0, 0.1) is 0 Å². The Bertz CT molecular complexity index is 467. The highest BCUT2D eigenvalue weighted by molar-refractivity contribution is 9.11. The average molecular weight is 418 g/mol. The molecule has 1 fully saturated rings. The molecule has 8 heteroatoms. The predicted molar refractivity (Wildman–Crippen MR) is 76.7 cm³/mol. The Morgan fingerprint density at radius 1 is 1.20 bits per heavy atom. The maximum atomic E-state index is 13.4. The van der Waals surface area contributed by atoms with Gasteiger partial charge in [-0.15, -0.1) is 0 Å². The van der Waals surface area contributed by atoms with Crippen LogP contribution in [0.5, 0.6) is 5.75 Å². The van der Waals surface area contributed by atoms with Crippen molar-refractivity contribution in [3.05, 3.63) is 26.6 Å². The highest BCUT2D eigenvalue weighted by atomic mass is 79.9. The second-order valence-electron chi connectivity index (χ2n) is 4.55. The third-order valence-corrected chi connectivity index (χ3v) is 4.29. The fraction of sp³-hybridized carbons (Fsp3) is 0.500. The minimum Gasteiger partial charge on any atom is -0.508 e. The van der Waals surface area contributed by atoms with Gasteiger partial charge in [0.2, 0.25) is 0 Å². The number of halogens is 5. The molecule has 0 unspecified atom stereocenters. The highest BCUT2D eigenvalue weighted by Crippen LogP contribution is 2.45. The van der Waals surface area contributed by atoms with Gasteiger partial charge in [-0.05, 0) is 12.1 Å². The van der Waals surface area contributed by atoms with E-state index < -0.39 is 12.2 Å². The summed E-state index contributed by atoms with van der Waals surface area (Å²) >= 11 is 6.27. The number of hydrogen-bond donors (Lipinski definition) is 2. The fourth-order valence-electron chi connectivity index (χ4n) is 2.34. The monoisotopic (exact) mass is 416 g/mol. The Morgan fingerprint density at radius 3 is 2.30 bits per heavy atom. The molecule has 0 aliphatic carbocycles. The van der Waals surface area contributed by atoms with Crippen LogP contribution in [0.1, 0.15) is 11.6 Å². The molecule has 1 aromatic rings. The first-order valence-electron chi connectivity index (χ1n) is 6.00. The Balaban J connectivity index is 2.46. The number of phenolic OH excluding ortho intramolecular Hbond substituents is 1. The Kier molecular flexibility index (Phi) is 4.99. The van der Waals surface area contributed by atoms with Gasteiger partial charge in [-0.25, -0.2) is 0 Å². The average Bonchev–Trinajstić information content (AvgIpc) is 2.33. The van der Waals surface area contributed by atoms with Crippen LogP contribution in [0.4, 0.5) is 13.2 Å². The van der Waals surface area contributed by atoms with Crippen LogP contribution in [0.25, 0.3) is 0 Å². The molecule has 1 aliphatic heterocycles. The zero-order valence-corrected chi connectivity index (χ0v) is 13.5. The van der Waals surface area contributed by atoms with E-state index >= 15 is 0 Å². The Morgan fingerprint density at radius 2 is 1.80 bits per heavy atom. The maximum Gasteiger partial charge on any atom is 0.408 e. The minimum atomic E-state index is -4.45. The molecule has 1 heterocycles. The molecule has 1 atom stereocenters. The van der Waals surface area contributed by atoms with Crippen molar-refractivity contribution in [1.29, 1.82) is 0 Å². The van der Waals surface area contributed by atoms with E-state index in [9.17, 15) is 18.3 Å². The number of piperazine rings is 1. The molecule has 112 valence electrons. The first-order valence-corrected chi connectivity index (χ1v) is 7.58. The molecule has 0 bridgehead atoms. The summed E-state index contributed by atoms with van der Waals surface area (Å²) in [7, 11) is 0. The summed E-state index contributed by atoms with van der Waals surface area (Å²) < 4.78 is 41.1. The van der Waals surface area contributed by atoms with Gasteiger partial charge in [-0.1, -0.05) is 31.9 Å². The van der Waals surface area contributed by atoms with E-state index in [2.05, 4.69) is 37.2 Å². The standard InChI is InChI=1S/C12H13Br2F3N2O/c13-7-5-8(14)10(9(20)6-7)11(12(15,16)17)19-3-1-18-2-4-19/h5-6,11,18,20H,1-4H2/t11-/m1/s1. The van der Waals surface area contributed by atoms with Gasteiger partial charge in [0.1, 0.15) is 11.8 Å². The lowest BCUT2D eigenvalue weighted by Gasteiger charge is -2.36. The number of nitrogens with zero attached hydrogens (tertiary/aromatic N) is 1. The highest BCUT2D eigenvalue weighted by Gasteiger charge is 2.47. The fourth-order valence-corrected chi connectivity index (χ4v) is 3.75. The molecule has 0 saturated carbocycles. The van der Waals surface area contributed by atoms with Crippen molar-refractivity contribution in [3.63, 3.8) is 0 Å². The molecule has 3 nitrogen and oxygen atoms in total. The molecule has 0 spiro atoms. The topological polar surface area (TPSA) is 35.5 Å². The van der Waals surface area contributed by atoms with Crippen LogP contribution in [0.15, 0.2) is 21.1 Å². The molecule has 1 aromatic carbocycles. The van der Waals surface area contributed by atoms with Crippen LogP contribution < -0.4 is 5.32 Å². The smallest absolute Gasteiger partial charge is 0.408 e. The molecule has 0 aromatic heterocycles. The summed E-state index contributed by atoms with van der Waals surface area (Å²) in [6.07, 6.45) is -4.45. The van der Waals surface area contributed by atoms with Gasteiger partial charge in [0.15, 0.2) is 0 Å². The van der Waals surface area contributed by atoms with Crippen molar-refractivity contribution in [3.8, 4) is 5.75 Å². The van der Waals surface area contributed by atoms with Crippen LogP contribution in [0.3, 0.4) is 0 Å². The van der Waals surface area contributed by atoms with E-state index in [4.69, 9.17) is 0 Å². The van der Waals surface area contributed by atoms with E-state index in [-0.39, 0.29) is 28.9 Å². The lowest BCUT2D eigenvalue weighted by Crippen LogP contribution is -2.49. The van der Waals surface area contributed by atoms with Crippen molar-refractivity contribution in [2.75, 3.05) is 26.2 Å². The lowest BCUT2D eigenvalue weighted by atomic mass is 10.0. The molecule has 0 radical (unpaired) electrons. The number of phenols is 1. The van der Waals surface area contributed by atoms with Crippen LogP contribution in [-0.2, 0) is 0 Å². The van der Waals surface area contributed by atoms with E-state index in [1.54, 1.807) is 0 Å². The van der Waals surface area contributed by atoms with Gasteiger partial charge in [0, 0.05) is 40.7 Å². The molecule has 2 N–H and O–H groups in total. The zero-order valence-electron chi connectivity index (χ0n) is 10.3. The maximum absolute atomic E-state index is 13.4. The SMILES string of the molecule is Oc1cc(Br)cc(Br)c1[C@@H](N1CCNCC1)C(F)(F)F. The summed E-state index contributed by atoms with van der Waals surface area (Å²) in [5.74, 6) is -0.368. The molecule has 2 rings (SSSR count). The van der Waals surface area contributed by atoms with Crippen molar-refractivity contribution in [2.24, 2.45) is 0 Å². The largest absolute Gasteiger partial charge is 0.508 e. The van der Waals surface area contributed by atoms with E-state index in [0.29, 0.717) is 17.6 Å². The van der Waals surface area contributed by atoms with Crippen molar-refractivity contribution >= 4 is 31.9 Å². The number of nitrogens with one attached hydrogen (secondary N) is 1. The Hall–Kier alpha value is -0.310. The van der Waals surface area contributed by atoms with Gasteiger partial charge in [0.25, 0.3) is 0 Å². The molecular formula is C12H13Br2F3N2O. The first-order chi connectivity index (χ1) is 9.30. The van der Waals surface area contributed by atoms with Crippen molar-refractivity contribution < 1.29 is 18.3 Å². The van der Waals surface area contributed by atoms with E-state index in [0.717, 1.165) is 0 Å². The lowest BCUT2D eigenvalue weighted by molar-refractivity contribution is -0.188. The van der Waals surface area contributed by atoms with Crippen molar-refractivity contribution in [2.45, 2.75) is 12.2 Å². The summed E-state index contributed by atoms with van der Waals surface area (Å²) in [4.78, 5) is 1.34. The van der Waals surface area contributed by atoms with Gasteiger partial charge in [-0.2, -0.15) is 13.2 Å². The van der Waals surface area contributed by atoms with Crippen LogP contribution in [-0.4, -0.2) is 42.4 Å². The first kappa shape index (κ1) is 16.1. The molecule has 1 aliphatic rings. The summed E-state index contributed by atoms with van der Waals surface area (Å²) in [6.45, 7) is 1.57. The summed E-state index contributed by atoms with van der Waals surface area (Å²) in [5, 5.41) is 13.0. The normalized spacial score (nSPS) is 19.1. The minimum absolute atomic E-state index is 0.136. The number of hydrogen-bond acceptors (Lipinski definition) is 3. The quantitative estimate of drug-likeness (QED) is 0.773. The third kappa shape index (κ3) is 3.47. The van der Waals surface area contributed by atoms with Crippen molar-refractivity contribution in [1.82, 2.24) is 10.2 Å². The van der Waals surface area contributed by atoms with Gasteiger partial charge in [-0.3, -0.25) is 4.90 Å². The van der Waals surface area contributed by atoms with Gasteiger partial charge in [0.05, 0.1) is 0 Å². The summed E-state index contributed by atoms with van der Waals surface area (Å²) in [6, 6.07) is 0.976. The zero-order chi connectivity index (χ0) is 14.9. The number of rotatable bonds is 2. The Labute approximate surface area is 131 Å². The number of aromatic hydroxyl groups is 1. The number of benzene rings is 1. The van der Waals surface area contributed by atoms with Gasteiger partial charge < -0.3 is 10.4 Å². The van der Waals surface area contributed by atoms with Crippen LogP contribution >= 0.6 is 31.9 Å². The third-order valence-electron chi connectivity index (χ3n) is 3.17. The molecule has 1 saturated heterocycles. The molecule has 20 heavy (non-hydrogen) atoms. The van der Waals surface area contributed by atoms with Gasteiger partial charge >= 0.3 is 6.18 Å². The second-order valence-corrected chi connectivity index (χ2v) is 6.32. The van der Waals surface area contributed by atoms with E-state index in [1.807, 2.05) is 0 Å².